The maximum Gasteiger partial charge on any atom is 0.131 e. The van der Waals surface area contributed by atoms with Crippen molar-refractivity contribution >= 4 is 39.0 Å². The van der Waals surface area contributed by atoms with Gasteiger partial charge in [0.1, 0.15) is 22.7 Å². The van der Waals surface area contributed by atoms with Gasteiger partial charge in [0, 0.05) is 15.3 Å². The van der Waals surface area contributed by atoms with Crippen LogP contribution in [0.3, 0.4) is 0 Å². The minimum absolute atomic E-state index is 0.115. The number of allylic oxidation sites excluding steroid dienone is 1. The van der Waals surface area contributed by atoms with Crippen molar-refractivity contribution in [3.05, 3.63) is 71.1 Å². The highest BCUT2D eigenvalue weighted by atomic mass is 32.1. The van der Waals surface area contributed by atoms with Gasteiger partial charge in [-0.1, -0.05) is 36.4 Å². The average Bonchev–Trinajstić information content (AvgIpc) is 3.33. The first-order chi connectivity index (χ1) is 12.8. The molecule has 0 atom stereocenters. The number of para-hydroxylation sites is 1. The molecule has 5 heteroatoms. The molecule has 2 heterocycles. The largest absolute Gasteiger partial charge is 0.236 e. The van der Waals surface area contributed by atoms with Crippen LogP contribution in [0.1, 0.15) is 4.88 Å². The van der Waals surface area contributed by atoms with Crippen molar-refractivity contribution in [2.24, 2.45) is 0 Å². The Morgan fingerprint density at radius 1 is 0.846 bits per heavy atom. The third-order valence-electron chi connectivity index (χ3n) is 3.86. The Bertz CT molecular complexity index is 1150. The van der Waals surface area contributed by atoms with Crippen LogP contribution in [-0.2, 0) is 0 Å². The molecule has 0 saturated carbocycles. The Balaban J connectivity index is 1.62. The zero-order chi connectivity index (χ0) is 17.9. The third-order valence-corrected chi connectivity index (χ3v) is 6.03. The molecule has 4 aromatic rings. The fraction of sp³-hybridized carbons (Fsp3) is 0. The molecule has 0 spiro atoms. The van der Waals surface area contributed by atoms with Crippen LogP contribution in [0.25, 0.3) is 37.3 Å². The summed E-state index contributed by atoms with van der Waals surface area (Å²) in [5.74, 6) is 0. The molecule has 0 radical (unpaired) electrons. The van der Waals surface area contributed by atoms with E-state index in [2.05, 4.69) is 30.3 Å². The van der Waals surface area contributed by atoms with E-state index in [4.69, 9.17) is 15.5 Å². The minimum atomic E-state index is 0.115. The van der Waals surface area contributed by atoms with E-state index >= 15 is 0 Å². The van der Waals surface area contributed by atoms with E-state index in [1.54, 1.807) is 28.7 Å². The van der Waals surface area contributed by atoms with Gasteiger partial charge in [0.25, 0.3) is 0 Å². The average molecular weight is 369 g/mol. The Labute approximate surface area is 158 Å². The van der Waals surface area contributed by atoms with Crippen molar-refractivity contribution in [2.75, 3.05) is 0 Å². The van der Waals surface area contributed by atoms with Crippen molar-refractivity contribution in [3.63, 3.8) is 0 Å². The fourth-order valence-corrected chi connectivity index (χ4v) is 4.52. The molecule has 0 amide bonds. The van der Waals surface area contributed by atoms with Crippen LogP contribution in [0.15, 0.2) is 66.2 Å². The van der Waals surface area contributed by atoms with Gasteiger partial charge in [0.05, 0.1) is 10.2 Å². The van der Waals surface area contributed by atoms with Gasteiger partial charge in [-0.15, -0.1) is 22.7 Å². The number of rotatable bonds is 3. The zero-order valence-corrected chi connectivity index (χ0v) is 15.1. The van der Waals surface area contributed by atoms with Gasteiger partial charge in [-0.3, -0.25) is 0 Å². The number of hydrogen-bond acceptors (Lipinski definition) is 5. The van der Waals surface area contributed by atoms with Gasteiger partial charge in [-0.2, -0.15) is 10.5 Å². The number of thiophene rings is 1. The van der Waals surface area contributed by atoms with E-state index < -0.39 is 0 Å². The standard InChI is InChI=1S/C21H11N3S2/c22-12-14(13-23)11-17-9-10-19(25-17)15-5-7-16(8-6-15)21-24-18-3-1-2-4-20(18)26-21/h1-11H. The summed E-state index contributed by atoms with van der Waals surface area (Å²) in [5, 5.41) is 18.7. The highest BCUT2D eigenvalue weighted by Crippen LogP contribution is 2.33. The van der Waals surface area contributed by atoms with Gasteiger partial charge >= 0.3 is 0 Å². The summed E-state index contributed by atoms with van der Waals surface area (Å²) in [4.78, 5) is 6.69. The molecule has 2 aromatic carbocycles. The number of nitriles is 2. The molecule has 2 aromatic heterocycles. The lowest BCUT2D eigenvalue weighted by atomic mass is 10.1. The number of thiazole rings is 1. The van der Waals surface area contributed by atoms with Crippen molar-refractivity contribution in [2.45, 2.75) is 0 Å². The monoisotopic (exact) mass is 369 g/mol. The molecule has 0 aliphatic carbocycles. The quantitative estimate of drug-likeness (QED) is 0.409. The minimum Gasteiger partial charge on any atom is -0.236 e. The molecular weight excluding hydrogens is 358 g/mol. The van der Waals surface area contributed by atoms with Crippen LogP contribution >= 0.6 is 22.7 Å². The number of hydrogen-bond donors (Lipinski definition) is 0. The third kappa shape index (κ3) is 3.14. The van der Waals surface area contributed by atoms with Gasteiger partial charge in [-0.05, 0) is 35.9 Å². The molecule has 0 saturated heterocycles. The second-order valence-corrected chi connectivity index (χ2v) is 7.69. The van der Waals surface area contributed by atoms with Crippen molar-refractivity contribution in [1.29, 1.82) is 10.5 Å². The Kier molecular flexibility index (Phi) is 4.33. The van der Waals surface area contributed by atoms with Crippen LogP contribution in [0.5, 0.6) is 0 Å². The smallest absolute Gasteiger partial charge is 0.131 e. The Hall–Kier alpha value is -3.25. The van der Waals surface area contributed by atoms with E-state index in [1.807, 2.05) is 42.5 Å². The van der Waals surface area contributed by atoms with Crippen LogP contribution in [0, 0.1) is 22.7 Å². The fourth-order valence-electron chi connectivity index (χ4n) is 2.59. The molecule has 4 rings (SSSR count). The molecule has 0 aliphatic rings. The zero-order valence-electron chi connectivity index (χ0n) is 13.5. The normalized spacial score (nSPS) is 10.2. The van der Waals surface area contributed by atoms with Gasteiger partial charge < -0.3 is 0 Å². The van der Waals surface area contributed by atoms with Crippen LogP contribution < -0.4 is 0 Å². The first-order valence-electron chi connectivity index (χ1n) is 7.85. The summed E-state index contributed by atoms with van der Waals surface area (Å²) >= 11 is 3.25. The van der Waals surface area contributed by atoms with Gasteiger partial charge in [-0.25, -0.2) is 4.98 Å². The van der Waals surface area contributed by atoms with Crippen molar-refractivity contribution in [1.82, 2.24) is 4.98 Å². The lowest BCUT2D eigenvalue weighted by molar-refractivity contribution is 1.47. The summed E-state index contributed by atoms with van der Waals surface area (Å²) in [5.41, 5.74) is 3.35. The van der Waals surface area contributed by atoms with E-state index in [0.29, 0.717) is 0 Å². The summed E-state index contributed by atoms with van der Waals surface area (Å²) in [7, 11) is 0. The summed E-state index contributed by atoms with van der Waals surface area (Å²) in [6.45, 7) is 0. The van der Waals surface area contributed by atoms with E-state index in [1.165, 1.54) is 4.70 Å². The van der Waals surface area contributed by atoms with Crippen LogP contribution in [0.4, 0.5) is 0 Å². The topological polar surface area (TPSA) is 60.5 Å². The first kappa shape index (κ1) is 16.2. The molecular formula is C21H11N3S2. The van der Waals surface area contributed by atoms with E-state index in [0.717, 1.165) is 31.4 Å². The molecule has 0 aliphatic heterocycles. The number of fused-ring (bicyclic) bond motifs is 1. The second kappa shape index (κ2) is 6.93. The lowest BCUT2D eigenvalue weighted by Gasteiger charge is -1.99. The summed E-state index contributed by atoms with van der Waals surface area (Å²) in [6, 6.07) is 24.2. The molecule has 26 heavy (non-hydrogen) atoms. The summed E-state index contributed by atoms with van der Waals surface area (Å²) < 4.78 is 1.19. The lowest BCUT2D eigenvalue weighted by Crippen LogP contribution is -1.77. The van der Waals surface area contributed by atoms with E-state index in [-0.39, 0.29) is 5.57 Å². The molecule has 0 unspecified atom stereocenters. The molecule has 0 N–H and O–H groups in total. The Morgan fingerprint density at radius 2 is 1.58 bits per heavy atom. The van der Waals surface area contributed by atoms with E-state index in [9.17, 15) is 0 Å². The first-order valence-corrected chi connectivity index (χ1v) is 9.48. The molecule has 0 fully saturated rings. The molecule has 3 nitrogen and oxygen atoms in total. The maximum absolute atomic E-state index is 8.86. The van der Waals surface area contributed by atoms with Crippen LogP contribution in [-0.4, -0.2) is 4.98 Å². The Morgan fingerprint density at radius 3 is 2.31 bits per heavy atom. The highest BCUT2D eigenvalue weighted by Gasteiger charge is 2.07. The second-order valence-electron chi connectivity index (χ2n) is 5.55. The van der Waals surface area contributed by atoms with Gasteiger partial charge in [0.15, 0.2) is 0 Å². The molecule has 122 valence electrons. The predicted molar refractivity (Wildman–Crippen MR) is 108 cm³/mol. The van der Waals surface area contributed by atoms with Crippen molar-refractivity contribution < 1.29 is 0 Å². The number of aromatic nitrogens is 1. The summed E-state index contributed by atoms with van der Waals surface area (Å²) in [6.07, 6.45) is 1.61. The molecule has 0 bridgehead atoms. The van der Waals surface area contributed by atoms with Crippen molar-refractivity contribution in [3.8, 4) is 33.2 Å². The van der Waals surface area contributed by atoms with Crippen LogP contribution in [0.2, 0.25) is 0 Å². The predicted octanol–water partition coefficient (Wildman–Crippen LogP) is 6.12. The SMILES string of the molecule is N#CC(C#N)=Cc1ccc(-c2ccc(-c3nc4ccccc4s3)cc2)s1. The number of nitrogens with zero attached hydrogens (tertiary/aromatic N) is 3. The van der Waals surface area contributed by atoms with Gasteiger partial charge in [0.2, 0.25) is 0 Å². The highest BCUT2D eigenvalue weighted by molar-refractivity contribution is 7.21. The maximum atomic E-state index is 8.86. The number of benzene rings is 2.